The van der Waals surface area contributed by atoms with Crippen LogP contribution in [0.15, 0.2) is 42.5 Å². The Bertz CT molecular complexity index is 751. The summed E-state index contributed by atoms with van der Waals surface area (Å²) < 4.78 is 0. The molecule has 0 fully saturated rings. The Morgan fingerprint density at radius 2 is 1.71 bits per heavy atom. The van der Waals surface area contributed by atoms with E-state index in [0.717, 1.165) is 12.8 Å². The molecule has 0 unspecified atom stereocenters. The van der Waals surface area contributed by atoms with Gasteiger partial charge in [0, 0.05) is 0 Å². The number of hydrogen-bond acceptors (Lipinski definition) is 0. The molecule has 3 aromatic carbocycles. The highest BCUT2D eigenvalue weighted by molar-refractivity contribution is 6.13. The van der Waals surface area contributed by atoms with Crippen LogP contribution in [0, 0.1) is 0 Å². The number of hydrogen-bond donors (Lipinski definition) is 0. The minimum atomic E-state index is 1.11. The zero-order valence-electron chi connectivity index (χ0n) is 9.96. The molecule has 17 heavy (non-hydrogen) atoms. The van der Waals surface area contributed by atoms with E-state index in [1.165, 1.54) is 38.2 Å². The van der Waals surface area contributed by atoms with Gasteiger partial charge in [-0.1, -0.05) is 49.4 Å². The van der Waals surface area contributed by atoms with Crippen LogP contribution in [-0.4, -0.2) is 0 Å². The molecule has 0 aromatic heterocycles. The van der Waals surface area contributed by atoms with Gasteiger partial charge in [0.05, 0.1) is 0 Å². The summed E-state index contributed by atoms with van der Waals surface area (Å²) in [6.07, 6.45) is 2.23. The zero-order valence-corrected chi connectivity index (χ0v) is 9.96. The molecule has 0 nitrogen and oxygen atoms in total. The Kier molecular flexibility index (Phi) is 1.69. The summed E-state index contributed by atoms with van der Waals surface area (Å²) in [5, 5.41) is 5.78. The van der Waals surface area contributed by atoms with Crippen molar-refractivity contribution in [2.45, 2.75) is 19.8 Å². The van der Waals surface area contributed by atoms with Crippen molar-refractivity contribution in [1.29, 1.82) is 0 Å². The number of aryl methyl sites for hydroxylation is 1. The molecular formula is C17H14. The zero-order chi connectivity index (χ0) is 11.4. The van der Waals surface area contributed by atoms with E-state index in [0.29, 0.717) is 0 Å². The van der Waals surface area contributed by atoms with Crippen LogP contribution in [0.2, 0.25) is 0 Å². The van der Waals surface area contributed by atoms with E-state index < -0.39 is 0 Å². The molecule has 0 N–H and O–H groups in total. The molecule has 0 atom stereocenters. The lowest BCUT2D eigenvalue weighted by Gasteiger charge is -2.05. The molecule has 0 amide bonds. The van der Waals surface area contributed by atoms with Gasteiger partial charge in [0.2, 0.25) is 0 Å². The van der Waals surface area contributed by atoms with Gasteiger partial charge in [-0.15, -0.1) is 0 Å². The fourth-order valence-corrected chi connectivity index (χ4v) is 3.17. The maximum atomic E-state index is 2.39. The van der Waals surface area contributed by atoms with Crippen LogP contribution in [0.4, 0.5) is 0 Å². The molecule has 4 rings (SSSR count). The Hall–Kier alpha value is -1.82. The van der Waals surface area contributed by atoms with Crippen LogP contribution >= 0.6 is 0 Å². The summed E-state index contributed by atoms with van der Waals surface area (Å²) >= 11 is 0. The van der Waals surface area contributed by atoms with Crippen molar-refractivity contribution in [1.82, 2.24) is 0 Å². The Balaban J connectivity index is 2.25. The molecule has 0 heterocycles. The van der Waals surface area contributed by atoms with Crippen molar-refractivity contribution in [3.63, 3.8) is 0 Å². The molecule has 3 aromatic rings. The predicted molar refractivity (Wildman–Crippen MR) is 73.6 cm³/mol. The fourth-order valence-electron chi connectivity index (χ4n) is 3.17. The standard InChI is InChI=1S/C17H14/c1-2-11-8-14-7-6-12-4-3-5-13-10-15(9-11)17(14)16(12)13/h3-9H,2,10H2,1H3. The number of benzene rings is 3. The lowest BCUT2D eigenvalue weighted by Crippen LogP contribution is -1.85. The Morgan fingerprint density at radius 3 is 2.59 bits per heavy atom. The molecule has 82 valence electrons. The van der Waals surface area contributed by atoms with E-state index in [2.05, 4.69) is 49.4 Å². The third-order valence-corrected chi connectivity index (χ3v) is 3.97. The predicted octanol–water partition coefficient (Wildman–Crippen LogP) is 4.46. The van der Waals surface area contributed by atoms with Crippen LogP contribution in [0.1, 0.15) is 23.6 Å². The highest BCUT2D eigenvalue weighted by atomic mass is 14.2. The summed E-state index contributed by atoms with van der Waals surface area (Å²) in [5.74, 6) is 0. The first-order chi connectivity index (χ1) is 8.36. The normalized spacial score (nSPS) is 13.0. The highest BCUT2D eigenvalue weighted by Gasteiger charge is 2.17. The third-order valence-electron chi connectivity index (χ3n) is 3.97. The fraction of sp³-hybridized carbons (Fsp3) is 0.176. The summed E-state index contributed by atoms with van der Waals surface area (Å²) in [5.41, 5.74) is 4.47. The molecule has 0 spiro atoms. The van der Waals surface area contributed by atoms with E-state index in [1.54, 1.807) is 0 Å². The maximum absolute atomic E-state index is 2.39. The number of rotatable bonds is 1. The molecule has 0 saturated carbocycles. The van der Waals surface area contributed by atoms with Crippen molar-refractivity contribution in [2.24, 2.45) is 0 Å². The van der Waals surface area contributed by atoms with Crippen LogP contribution in [0.25, 0.3) is 21.5 Å². The van der Waals surface area contributed by atoms with Crippen LogP contribution in [0.5, 0.6) is 0 Å². The smallest absolute Gasteiger partial charge is 0.00129 e. The lowest BCUT2D eigenvalue weighted by atomic mass is 9.99. The van der Waals surface area contributed by atoms with Crippen molar-refractivity contribution in [3.05, 3.63) is 59.2 Å². The second-order valence-corrected chi connectivity index (χ2v) is 4.96. The monoisotopic (exact) mass is 218 g/mol. The SMILES string of the molecule is CCc1cc2c3c(ccc4cccc(c43)C2)c1. The summed E-state index contributed by atoms with van der Waals surface area (Å²) in [4.78, 5) is 0. The highest BCUT2D eigenvalue weighted by Crippen LogP contribution is 2.38. The average Bonchev–Trinajstić information content (AvgIpc) is 2.75. The van der Waals surface area contributed by atoms with Gasteiger partial charge in [0.25, 0.3) is 0 Å². The topological polar surface area (TPSA) is 0 Å². The van der Waals surface area contributed by atoms with Crippen molar-refractivity contribution >= 4 is 21.5 Å². The molecule has 0 radical (unpaired) electrons. The largest absolute Gasteiger partial charge is 0.0613 e. The minimum Gasteiger partial charge on any atom is -0.0613 e. The second kappa shape index (κ2) is 3.10. The third kappa shape index (κ3) is 1.13. The molecule has 0 aliphatic heterocycles. The van der Waals surface area contributed by atoms with E-state index in [9.17, 15) is 0 Å². The Labute approximate surface area is 101 Å². The van der Waals surface area contributed by atoms with E-state index in [1.807, 2.05) is 0 Å². The minimum absolute atomic E-state index is 1.11. The van der Waals surface area contributed by atoms with Crippen molar-refractivity contribution in [2.75, 3.05) is 0 Å². The summed E-state index contributed by atoms with van der Waals surface area (Å²) in [7, 11) is 0. The first-order valence-electron chi connectivity index (χ1n) is 6.33. The van der Waals surface area contributed by atoms with Gasteiger partial charge < -0.3 is 0 Å². The van der Waals surface area contributed by atoms with Crippen LogP contribution in [0.3, 0.4) is 0 Å². The van der Waals surface area contributed by atoms with Gasteiger partial charge in [-0.3, -0.25) is 0 Å². The van der Waals surface area contributed by atoms with Gasteiger partial charge in [0.1, 0.15) is 0 Å². The summed E-state index contributed by atoms with van der Waals surface area (Å²) in [6.45, 7) is 2.23. The van der Waals surface area contributed by atoms with E-state index >= 15 is 0 Å². The molecule has 0 saturated heterocycles. The molecule has 0 bridgehead atoms. The van der Waals surface area contributed by atoms with Crippen molar-refractivity contribution < 1.29 is 0 Å². The van der Waals surface area contributed by atoms with Crippen LogP contribution < -0.4 is 0 Å². The maximum Gasteiger partial charge on any atom is -0.00129 e. The van der Waals surface area contributed by atoms with Crippen LogP contribution in [-0.2, 0) is 12.8 Å². The lowest BCUT2D eigenvalue weighted by molar-refractivity contribution is 1.13. The quantitative estimate of drug-likeness (QED) is 0.414. The summed E-state index contributed by atoms with van der Waals surface area (Å²) in [6, 6.07) is 15.9. The van der Waals surface area contributed by atoms with Gasteiger partial charge in [0.15, 0.2) is 0 Å². The van der Waals surface area contributed by atoms with Gasteiger partial charge in [-0.05, 0) is 51.1 Å². The van der Waals surface area contributed by atoms with E-state index in [-0.39, 0.29) is 0 Å². The van der Waals surface area contributed by atoms with Gasteiger partial charge in [-0.25, -0.2) is 0 Å². The Morgan fingerprint density at radius 1 is 0.882 bits per heavy atom. The first-order valence-corrected chi connectivity index (χ1v) is 6.33. The molecule has 0 heteroatoms. The van der Waals surface area contributed by atoms with Gasteiger partial charge >= 0.3 is 0 Å². The van der Waals surface area contributed by atoms with E-state index in [4.69, 9.17) is 0 Å². The average molecular weight is 218 g/mol. The molecule has 1 aliphatic rings. The second-order valence-electron chi connectivity index (χ2n) is 4.96. The van der Waals surface area contributed by atoms with Gasteiger partial charge in [-0.2, -0.15) is 0 Å². The molecule has 1 aliphatic carbocycles. The first kappa shape index (κ1) is 9.23. The van der Waals surface area contributed by atoms with Crippen molar-refractivity contribution in [3.8, 4) is 0 Å². The molecular weight excluding hydrogens is 204 g/mol.